The average molecular weight is 382 g/mol. The van der Waals surface area contributed by atoms with E-state index in [0.29, 0.717) is 24.5 Å². The van der Waals surface area contributed by atoms with Gasteiger partial charge in [0.25, 0.3) is 0 Å². The summed E-state index contributed by atoms with van der Waals surface area (Å²) in [6.45, 7) is 13.2. The number of nitrogens with zero attached hydrogens (tertiary/aromatic N) is 3. The fraction of sp³-hybridized carbons (Fsp3) is 0.900. The van der Waals surface area contributed by atoms with Crippen LogP contribution in [0.2, 0.25) is 0 Å². The highest BCUT2D eigenvalue weighted by molar-refractivity contribution is 5.80. The molecule has 2 fully saturated rings. The number of aliphatic imine (C=N–C) groups is 1. The molecule has 0 aromatic rings. The number of rotatable bonds is 7. The lowest BCUT2D eigenvalue weighted by atomic mass is 9.93. The number of carbonyl (C=O) groups excluding carboxylic acids is 1. The second kappa shape index (κ2) is 11.5. The predicted molar refractivity (Wildman–Crippen MR) is 110 cm³/mol. The molecule has 0 saturated carbocycles. The van der Waals surface area contributed by atoms with Crippen LogP contribution in [0.5, 0.6) is 0 Å². The highest BCUT2D eigenvalue weighted by Gasteiger charge is 2.23. The monoisotopic (exact) mass is 381 g/mol. The summed E-state index contributed by atoms with van der Waals surface area (Å²) in [7, 11) is 1.71. The van der Waals surface area contributed by atoms with Crippen LogP contribution in [-0.2, 0) is 9.53 Å². The molecular formula is C20H39N5O2. The average Bonchev–Trinajstić information content (AvgIpc) is 2.64. The van der Waals surface area contributed by atoms with E-state index in [0.717, 1.165) is 71.0 Å². The van der Waals surface area contributed by atoms with Gasteiger partial charge in [-0.05, 0) is 46.0 Å². The lowest BCUT2D eigenvalue weighted by Gasteiger charge is -2.35. The Balaban J connectivity index is 1.75. The van der Waals surface area contributed by atoms with Crippen molar-refractivity contribution in [1.29, 1.82) is 0 Å². The van der Waals surface area contributed by atoms with Crippen molar-refractivity contribution in [2.24, 2.45) is 10.9 Å². The van der Waals surface area contributed by atoms with E-state index in [1.165, 1.54) is 0 Å². The van der Waals surface area contributed by atoms with E-state index in [1.807, 2.05) is 0 Å². The lowest BCUT2D eigenvalue weighted by molar-refractivity contribution is -0.121. The number of hydrogen-bond acceptors (Lipinski definition) is 4. The topological polar surface area (TPSA) is 69.2 Å². The van der Waals surface area contributed by atoms with Crippen molar-refractivity contribution in [3.05, 3.63) is 0 Å². The van der Waals surface area contributed by atoms with E-state index in [4.69, 9.17) is 9.73 Å². The number of hydrogen-bond donors (Lipinski definition) is 2. The van der Waals surface area contributed by atoms with Gasteiger partial charge >= 0.3 is 0 Å². The molecule has 0 radical (unpaired) electrons. The Morgan fingerprint density at radius 2 is 1.85 bits per heavy atom. The number of amides is 1. The highest BCUT2D eigenvalue weighted by atomic mass is 16.5. The molecule has 2 N–H and O–H groups in total. The minimum Gasteiger partial charge on any atom is -0.373 e. The summed E-state index contributed by atoms with van der Waals surface area (Å²) < 4.78 is 5.80. The van der Waals surface area contributed by atoms with Gasteiger partial charge in [0.1, 0.15) is 0 Å². The zero-order valence-electron chi connectivity index (χ0n) is 17.7. The van der Waals surface area contributed by atoms with Gasteiger partial charge in [-0.1, -0.05) is 0 Å². The van der Waals surface area contributed by atoms with Crippen LogP contribution in [0.4, 0.5) is 0 Å². The summed E-state index contributed by atoms with van der Waals surface area (Å²) in [4.78, 5) is 21.3. The molecule has 0 aliphatic carbocycles. The summed E-state index contributed by atoms with van der Waals surface area (Å²) in [6.07, 6.45) is 4.48. The first kappa shape index (κ1) is 22.0. The van der Waals surface area contributed by atoms with Gasteiger partial charge in [0.15, 0.2) is 5.96 Å². The summed E-state index contributed by atoms with van der Waals surface area (Å²) in [5, 5.41) is 6.17. The van der Waals surface area contributed by atoms with Gasteiger partial charge in [0.05, 0.1) is 12.2 Å². The number of likely N-dealkylation sites (tertiary alicyclic amines) is 1. The van der Waals surface area contributed by atoms with Crippen LogP contribution in [0.1, 0.15) is 46.5 Å². The smallest absolute Gasteiger partial charge is 0.220 e. The van der Waals surface area contributed by atoms with E-state index >= 15 is 0 Å². The fourth-order valence-corrected chi connectivity index (χ4v) is 4.09. The zero-order chi connectivity index (χ0) is 19.6. The van der Waals surface area contributed by atoms with Gasteiger partial charge in [0.2, 0.25) is 5.91 Å². The first-order chi connectivity index (χ1) is 13.0. The number of piperidine rings is 1. The van der Waals surface area contributed by atoms with Gasteiger partial charge < -0.3 is 20.3 Å². The molecule has 0 bridgehead atoms. The first-order valence-electron chi connectivity index (χ1n) is 10.6. The van der Waals surface area contributed by atoms with Crippen LogP contribution in [0, 0.1) is 5.92 Å². The van der Waals surface area contributed by atoms with Gasteiger partial charge in [-0.2, -0.15) is 0 Å². The maximum absolute atomic E-state index is 11.6. The standard InChI is InChI=1S/C20H39N5O2/c1-5-22-20(25-11-7-18(8-12-25)13-19(26)21-4)23-9-6-10-24-14-16(2)27-17(3)15-24/h16-18H,5-15H2,1-4H3,(H,21,26)(H,22,23). The molecule has 156 valence electrons. The van der Waals surface area contributed by atoms with Crippen LogP contribution < -0.4 is 10.6 Å². The predicted octanol–water partition coefficient (Wildman–Crippen LogP) is 1.30. The van der Waals surface area contributed by atoms with Crippen LogP contribution in [0.3, 0.4) is 0 Å². The van der Waals surface area contributed by atoms with Gasteiger partial charge in [0, 0.05) is 59.3 Å². The van der Waals surface area contributed by atoms with Crippen LogP contribution >= 0.6 is 0 Å². The van der Waals surface area contributed by atoms with E-state index in [2.05, 4.69) is 41.2 Å². The van der Waals surface area contributed by atoms with Crippen molar-refractivity contribution >= 4 is 11.9 Å². The molecule has 2 saturated heterocycles. The minimum atomic E-state index is 0.153. The first-order valence-corrected chi connectivity index (χ1v) is 10.6. The SMILES string of the molecule is CCNC(=NCCCN1CC(C)OC(C)C1)N1CCC(CC(=O)NC)CC1. The fourth-order valence-electron chi connectivity index (χ4n) is 4.09. The van der Waals surface area contributed by atoms with Gasteiger partial charge in [-0.3, -0.25) is 14.7 Å². The quantitative estimate of drug-likeness (QED) is 0.395. The Morgan fingerprint density at radius 3 is 2.44 bits per heavy atom. The summed E-state index contributed by atoms with van der Waals surface area (Å²) in [5.41, 5.74) is 0. The van der Waals surface area contributed by atoms with Gasteiger partial charge in [-0.15, -0.1) is 0 Å². The molecule has 2 atom stereocenters. The van der Waals surface area contributed by atoms with Crippen molar-refractivity contribution in [2.75, 3.05) is 52.9 Å². The molecule has 7 nitrogen and oxygen atoms in total. The third-order valence-corrected chi connectivity index (χ3v) is 5.39. The maximum Gasteiger partial charge on any atom is 0.220 e. The second-order valence-electron chi connectivity index (χ2n) is 7.91. The Kier molecular flexibility index (Phi) is 9.34. The summed E-state index contributed by atoms with van der Waals surface area (Å²) in [6, 6.07) is 0. The summed E-state index contributed by atoms with van der Waals surface area (Å²) in [5.74, 6) is 1.68. The molecule has 2 rings (SSSR count). The van der Waals surface area contributed by atoms with E-state index in [1.54, 1.807) is 7.05 Å². The van der Waals surface area contributed by atoms with Crippen molar-refractivity contribution in [2.45, 2.75) is 58.7 Å². The molecule has 27 heavy (non-hydrogen) atoms. The second-order valence-corrected chi connectivity index (χ2v) is 7.91. The number of guanidine groups is 1. The normalized spacial score (nSPS) is 25.5. The third-order valence-electron chi connectivity index (χ3n) is 5.39. The van der Waals surface area contributed by atoms with Crippen LogP contribution in [0.25, 0.3) is 0 Å². The van der Waals surface area contributed by atoms with Gasteiger partial charge in [-0.25, -0.2) is 0 Å². The Bertz CT molecular complexity index is 467. The molecule has 1 amide bonds. The highest BCUT2D eigenvalue weighted by Crippen LogP contribution is 2.20. The van der Waals surface area contributed by atoms with E-state index < -0.39 is 0 Å². The van der Waals surface area contributed by atoms with Crippen molar-refractivity contribution in [3.8, 4) is 0 Å². The number of nitrogens with one attached hydrogen (secondary N) is 2. The van der Waals surface area contributed by atoms with Crippen LogP contribution in [-0.4, -0.2) is 86.7 Å². The molecule has 7 heteroatoms. The molecule has 2 heterocycles. The Labute approximate surface area is 164 Å². The van der Waals surface area contributed by atoms with Crippen molar-refractivity contribution < 1.29 is 9.53 Å². The Hall–Kier alpha value is -1.34. The maximum atomic E-state index is 11.6. The number of ether oxygens (including phenoxy) is 1. The molecule has 0 aromatic carbocycles. The molecular weight excluding hydrogens is 342 g/mol. The minimum absolute atomic E-state index is 0.153. The third kappa shape index (κ3) is 7.66. The number of morpholine rings is 1. The molecule has 0 aromatic heterocycles. The number of carbonyl (C=O) groups is 1. The van der Waals surface area contributed by atoms with Crippen LogP contribution in [0.15, 0.2) is 4.99 Å². The van der Waals surface area contributed by atoms with Crippen molar-refractivity contribution in [1.82, 2.24) is 20.4 Å². The lowest BCUT2D eigenvalue weighted by Crippen LogP contribution is -2.46. The summed E-state index contributed by atoms with van der Waals surface area (Å²) >= 11 is 0. The molecule has 2 aliphatic heterocycles. The largest absolute Gasteiger partial charge is 0.373 e. The molecule has 0 spiro atoms. The van der Waals surface area contributed by atoms with Crippen molar-refractivity contribution in [3.63, 3.8) is 0 Å². The molecule has 2 unspecified atom stereocenters. The zero-order valence-corrected chi connectivity index (χ0v) is 17.7. The Morgan fingerprint density at radius 1 is 1.19 bits per heavy atom. The van der Waals surface area contributed by atoms with E-state index in [-0.39, 0.29) is 5.91 Å². The molecule has 2 aliphatic rings. The van der Waals surface area contributed by atoms with E-state index in [9.17, 15) is 4.79 Å².